The third kappa shape index (κ3) is 4.36. The van der Waals surface area contributed by atoms with Crippen molar-refractivity contribution in [2.24, 2.45) is 0 Å². The van der Waals surface area contributed by atoms with Gasteiger partial charge in [-0.05, 0) is 39.1 Å². The van der Waals surface area contributed by atoms with Crippen molar-refractivity contribution in [3.63, 3.8) is 0 Å². The summed E-state index contributed by atoms with van der Waals surface area (Å²) in [6, 6.07) is 7.23. The van der Waals surface area contributed by atoms with Crippen LogP contribution < -0.4 is 10.6 Å². The fraction of sp³-hybridized carbons (Fsp3) is 0.562. The maximum Gasteiger partial charge on any atom is 0.257 e. The lowest BCUT2D eigenvalue weighted by Crippen LogP contribution is -2.51. The van der Waals surface area contributed by atoms with Gasteiger partial charge < -0.3 is 15.7 Å². The Labute approximate surface area is 126 Å². The molecule has 1 aliphatic carbocycles. The Morgan fingerprint density at radius 3 is 2.52 bits per heavy atom. The van der Waals surface area contributed by atoms with Crippen molar-refractivity contribution in [1.82, 2.24) is 10.2 Å². The lowest BCUT2D eigenvalue weighted by molar-refractivity contribution is -0.125. The molecular formula is C16H25N3O2. The van der Waals surface area contributed by atoms with Gasteiger partial charge in [0.2, 0.25) is 0 Å². The number of nitrogens with zero attached hydrogens (tertiary/aromatic N) is 1. The van der Waals surface area contributed by atoms with Gasteiger partial charge in [0, 0.05) is 6.04 Å². The number of carbonyl (C=O) groups is 1. The van der Waals surface area contributed by atoms with Gasteiger partial charge in [0.1, 0.15) is 5.75 Å². The van der Waals surface area contributed by atoms with Crippen molar-refractivity contribution in [3.05, 3.63) is 24.3 Å². The molecule has 2 rings (SSSR count). The summed E-state index contributed by atoms with van der Waals surface area (Å²) in [6.07, 6.45) is 5.25. The smallest absolute Gasteiger partial charge is 0.257 e. The average molecular weight is 291 g/mol. The number of amides is 1. The Balaban J connectivity index is 2.00. The fourth-order valence-electron chi connectivity index (χ4n) is 2.70. The minimum Gasteiger partial charge on any atom is -0.506 e. The number of hydrogen-bond donors (Lipinski definition) is 3. The van der Waals surface area contributed by atoms with Gasteiger partial charge in [-0.3, -0.25) is 9.69 Å². The maximum absolute atomic E-state index is 12.5. The van der Waals surface area contributed by atoms with Crippen LogP contribution in [0.25, 0.3) is 0 Å². The highest BCUT2D eigenvalue weighted by Crippen LogP contribution is 2.23. The summed E-state index contributed by atoms with van der Waals surface area (Å²) in [5.41, 5.74) is 0.565. The number of aromatic hydroxyl groups is 1. The molecule has 0 saturated heterocycles. The van der Waals surface area contributed by atoms with E-state index in [9.17, 15) is 9.90 Å². The summed E-state index contributed by atoms with van der Waals surface area (Å²) in [4.78, 5) is 14.3. The molecule has 5 heteroatoms. The van der Waals surface area contributed by atoms with E-state index < -0.39 is 6.17 Å². The third-order valence-electron chi connectivity index (χ3n) is 3.91. The van der Waals surface area contributed by atoms with E-state index in [1.165, 1.54) is 19.3 Å². The molecule has 1 aromatic carbocycles. The van der Waals surface area contributed by atoms with E-state index in [2.05, 4.69) is 10.6 Å². The highest BCUT2D eigenvalue weighted by molar-refractivity contribution is 5.84. The van der Waals surface area contributed by atoms with Gasteiger partial charge in [-0.1, -0.05) is 31.4 Å². The molecule has 1 atom stereocenters. The Morgan fingerprint density at radius 1 is 1.24 bits per heavy atom. The van der Waals surface area contributed by atoms with Crippen LogP contribution in [0, 0.1) is 0 Å². The second kappa shape index (κ2) is 7.31. The van der Waals surface area contributed by atoms with Crippen LogP contribution in [-0.2, 0) is 4.79 Å². The van der Waals surface area contributed by atoms with Crippen molar-refractivity contribution in [2.45, 2.75) is 44.3 Å². The van der Waals surface area contributed by atoms with Crippen LogP contribution in [0.3, 0.4) is 0 Å². The molecule has 1 saturated carbocycles. The summed E-state index contributed by atoms with van der Waals surface area (Å²) in [5, 5.41) is 16.0. The summed E-state index contributed by atoms with van der Waals surface area (Å²) in [5.74, 6) is 0.102. The van der Waals surface area contributed by atoms with E-state index in [4.69, 9.17) is 0 Å². The number of phenolic OH excluding ortho intramolecular Hbond substituents is 1. The van der Waals surface area contributed by atoms with E-state index in [1.807, 2.05) is 25.1 Å². The number of benzene rings is 1. The first-order chi connectivity index (χ1) is 10.1. The summed E-state index contributed by atoms with van der Waals surface area (Å²) in [7, 11) is 3.69. The zero-order chi connectivity index (χ0) is 15.2. The number of anilines is 1. The third-order valence-corrected chi connectivity index (χ3v) is 3.91. The van der Waals surface area contributed by atoms with E-state index in [1.54, 1.807) is 18.2 Å². The largest absolute Gasteiger partial charge is 0.506 e. The Morgan fingerprint density at radius 2 is 1.90 bits per heavy atom. The zero-order valence-electron chi connectivity index (χ0n) is 12.8. The normalized spacial score (nSPS) is 17.5. The van der Waals surface area contributed by atoms with Gasteiger partial charge >= 0.3 is 0 Å². The fourth-order valence-corrected chi connectivity index (χ4v) is 2.70. The maximum atomic E-state index is 12.5. The first-order valence-corrected chi connectivity index (χ1v) is 7.59. The molecule has 1 fully saturated rings. The lowest BCUT2D eigenvalue weighted by Gasteiger charge is -2.29. The van der Waals surface area contributed by atoms with Gasteiger partial charge in [-0.25, -0.2) is 0 Å². The predicted molar refractivity (Wildman–Crippen MR) is 84.2 cm³/mol. The molecule has 1 unspecified atom stereocenters. The molecule has 0 radical (unpaired) electrons. The minimum atomic E-state index is -0.500. The van der Waals surface area contributed by atoms with Gasteiger partial charge in [0.05, 0.1) is 5.69 Å². The average Bonchev–Trinajstić information content (AvgIpc) is 2.47. The first kappa shape index (κ1) is 15.6. The Kier molecular flexibility index (Phi) is 5.44. The standard InChI is InChI=1S/C16H25N3O2/c1-19(2)15(18-13-10-6-7-11-14(13)20)16(21)17-12-8-4-3-5-9-12/h6-7,10-12,15,18,20H,3-5,8-9H2,1-2H3,(H,17,21). The van der Waals surface area contributed by atoms with Crippen LogP contribution >= 0.6 is 0 Å². The van der Waals surface area contributed by atoms with Crippen LogP contribution in [0.15, 0.2) is 24.3 Å². The van der Waals surface area contributed by atoms with E-state index >= 15 is 0 Å². The molecule has 21 heavy (non-hydrogen) atoms. The molecule has 0 heterocycles. The van der Waals surface area contributed by atoms with Gasteiger partial charge in [0.15, 0.2) is 6.17 Å². The van der Waals surface area contributed by atoms with Crippen LogP contribution in [0.1, 0.15) is 32.1 Å². The molecular weight excluding hydrogens is 266 g/mol. The zero-order valence-corrected chi connectivity index (χ0v) is 12.8. The number of carbonyl (C=O) groups excluding carboxylic acids is 1. The molecule has 116 valence electrons. The molecule has 3 N–H and O–H groups in total. The van der Waals surface area contributed by atoms with Gasteiger partial charge in [-0.15, -0.1) is 0 Å². The Hall–Kier alpha value is -1.75. The lowest BCUT2D eigenvalue weighted by atomic mass is 9.95. The van der Waals surface area contributed by atoms with E-state index in [0.29, 0.717) is 5.69 Å². The van der Waals surface area contributed by atoms with E-state index in [-0.39, 0.29) is 17.7 Å². The number of nitrogens with one attached hydrogen (secondary N) is 2. The number of para-hydroxylation sites is 2. The van der Waals surface area contributed by atoms with Gasteiger partial charge in [-0.2, -0.15) is 0 Å². The SMILES string of the molecule is CN(C)C(Nc1ccccc1O)C(=O)NC1CCCCC1. The highest BCUT2D eigenvalue weighted by atomic mass is 16.3. The molecule has 0 aromatic heterocycles. The van der Waals surface area contributed by atoms with E-state index in [0.717, 1.165) is 12.8 Å². The van der Waals surface area contributed by atoms with Crippen LogP contribution in [0.4, 0.5) is 5.69 Å². The van der Waals surface area contributed by atoms with Crippen molar-refractivity contribution in [1.29, 1.82) is 0 Å². The van der Waals surface area contributed by atoms with Crippen molar-refractivity contribution < 1.29 is 9.90 Å². The second-order valence-electron chi connectivity index (χ2n) is 5.87. The molecule has 1 amide bonds. The summed E-state index contributed by atoms with van der Waals surface area (Å²) < 4.78 is 0. The van der Waals surface area contributed by atoms with Crippen LogP contribution in [-0.4, -0.2) is 42.2 Å². The highest BCUT2D eigenvalue weighted by Gasteiger charge is 2.24. The van der Waals surface area contributed by atoms with Crippen molar-refractivity contribution in [2.75, 3.05) is 19.4 Å². The van der Waals surface area contributed by atoms with Crippen molar-refractivity contribution >= 4 is 11.6 Å². The second-order valence-corrected chi connectivity index (χ2v) is 5.87. The topological polar surface area (TPSA) is 64.6 Å². The summed E-state index contributed by atoms with van der Waals surface area (Å²) in [6.45, 7) is 0. The number of likely N-dealkylation sites (N-methyl/N-ethyl adjacent to an activating group) is 1. The first-order valence-electron chi connectivity index (χ1n) is 7.59. The van der Waals surface area contributed by atoms with Crippen molar-refractivity contribution in [3.8, 4) is 5.75 Å². The minimum absolute atomic E-state index is 0.0462. The predicted octanol–water partition coefficient (Wildman–Crippen LogP) is 2.14. The molecule has 0 aliphatic heterocycles. The number of hydrogen-bond acceptors (Lipinski definition) is 4. The molecule has 1 aromatic rings. The molecule has 0 bridgehead atoms. The molecule has 0 spiro atoms. The van der Waals surface area contributed by atoms with Crippen LogP contribution in [0.5, 0.6) is 5.75 Å². The molecule has 1 aliphatic rings. The summed E-state index contributed by atoms with van der Waals surface area (Å²) >= 11 is 0. The monoisotopic (exact) mass is 291 g/mol. The molecule has 5 nitrogen and oxygen atoms in total. The Bertz CT molecular complexity index is 470. The number of phenols is 1. The quantitative estimate of drug-likeness (QED) is 0.574. The van der Waals surface area contributed by atoms with Gasteiger partial charge in [0.25, 0.3) is 5.91 Å². The van der Waals surface area contributed by atoms with Crippen LogP contribution in [0.2, 0.25) is 0 Å². The number of rotatable bonds is 5.